The van der Waals surface area contributed by atoms with E-state index in [1.807, 2.05) is 23.1 Å². The number of aromatic nitrogens is 1. The average Bonchev–Trinajstić information content (AvgIpc) is 2.70. The van der Waals surface area contributed by atoms with Crippen LogP contribution >= 0.6 is 0 Å². The highest BCUT2D eigenvalue weighted by Gasteiger charge is 2.21. The predicted molar refractivity (Wildman–Crippen MR) is 108 cm³/mol. The van der Waals surface area contributed by atoms with Crippen LogP contribution in [0.15, 0.2) is 60.8 Å². The minimum absolute atomic E-state index is 0.0373. The van der Waals surface area contributed by atoms with Crippen molar-refractivity contribution in [2.45, 2.75) is 26.8 Å². The van der Waals surface area contributed by atoms with Crippen molar-refractivity contribution < 1.29 is 4.79 Å². The third kappa shape index (κ3) is 3.70. The summed E-state index contributed by atoms with van der Waals surface area (Å²) in [6, 6.07) is 18.3. The molecule has 0 spiro atoms. The van der Waals surface area contributed by atoms with Gasteiger partial charge in [0, 0.05) is 25.0 Å². The molecule has 27 heavy (non-hydrogen) atoms. The fourth-order valence-electron chi connectivity index (χ4n) is 3.45. The van der Waals surface area contributed by atoms with Crippen molar-refractivity contribution in [3.8, 4) is 0 Å². The van der Waals surface area contributed by atoms with Gasteiger partial charge in [0.2, 0.25) is 0 Å². The number of amides is 1. The molecule has 136 valence electrons. The summed E-state index contributed by atoms with van der Waals surface area (Å²) in [5.41, 5.74) is 6.59. The molecule has 4 nitrogen and oxygen atoms in total. The number of nitrogens with zero attached hydrogens (tertiary/aromatic N) is 2. The van der Waals surface area contributed by atoms with Gasteiger partial charge in [0.15, 0.2) is 0 Å². The SMILES string of the molecule is Cc1ccc(C)c(Nc2ccc(C(=O)N3CCc4ccccc4C3)cn2)c1. The minimum atomic E-state index is 0.0373. The van der Waals surface area contributed by atoms with Gasteiger partial charge in [0.1, 0.15) is 5.82 Å². The Hall–Kier alpha value is -3.14. The van der Waals surface area contributed by atoms with E-state index in [0.717, 1.165) is 30.0 Å². The van der Waals surface area contributed by atoms with Crippen LogP contribution in [0, 0.1) is 13.8 Å². The third-order valence-electron chi connectivity index (χ3n) is 5.08. The van der Waals surface area contributed by atoms with Crippen molar-refractivity contribution in [2.75, 3.05) is 11.9 Å². The van der Waals surface area contributed by atoms with Crippen molar-refractivity contribution in [2.24, 2.45) is 0 Å². The number of anilines is 2. The molecule has 1 aliphatic heterocycles. The van der Waals surface area contributed by atoms with Gasteiger partial charge in [-0.15, -0.1) is 0 Å². The van der Waals surface area contributed by atoms with Gasteiger partial charge >= 0.3 is 0 Å². The number of hydrogen-bond donors (Lipinski definition) is 1. The molecule has 3 aromatic rings. The second-order valence-corrected chi connectivity index (χ2v) is 7.12. The number of aryl methyl sites for hydroxylation is 2. The van der Waals surface area contributed by atoms with Crippen LogP contribution in [0.25, 0.3) is 0 Å². The summed E-state index contributed by atoms with van der Waals surface area (Å²) in [6.07, 6.45) is 2.57. The predicted octanol–water partition coefficient (Wildman–Crippen LogP) is 4.64. The van der Waals surface area contributed by atoms with E-state index in [0.29, 0.717) is 12.1 Å². The lowest BCUT2D eigenvalue weighted by atomic mass is 9.99. The summed E-state index contributed by atoms with van der Waals surface area (Å²) in [5.74, 6) is 0.777. The van der Waals surface area contributed by atoms with Crippen molar-refractivity contribution in [3.63, 3.8) is 0 Å². The van der Waals surface area contributed by atoms with Gasteiger partial charge in [-0.3, -0.25) is 4.79 Å². The van der Waals surface area contributed by atoms with E-state index in [1.165, 1.54) is 16.7 Å². The Morgan fingerprint density at radius 3 is 2.63 bits per heavy atom. The Morgan fingerprint density at radius 1 is 1.04 bits per heavy atom. The molecule has 0 unspecified atom stereocenters. The number of fused-ring (bicyclic) bond motifs is 1. The zero-order valence-electron chi connectivity index (χ0n) is 15.7. The highest BCUT2D eigenvalue weighted by molar-refractivity contribution is 5.94. The Balaban J connectivity index is 1.47. The number of carbonyl (C=O) groups excluding carboxylic acids is 1. The second-order valence-electron chi connectivity index (χ2n) is 7.12. The molecule has 0 radical (unpaired) electrons. The van der Waals surface area contributed by atoms with Crippen molar-refractivity contribution >= 4 is 17.4 Å². The summed E-state index contributed by atoms with van der Waals surface area (Å²) in [4.78, 5) is 19.2. The van der Waals surface area contributed by atoms with Gasteiger partial charge in [-0.2, -0.15) is 0 Å². The molecular formula is C23H23N3O. The maximum atomic E-state index is 12.8. The molecule has 0 bridgehead atoms. The van der Waals surface area contributed by atoms with Crippen LogP contribution in [0.5, 0.6) is 0 Å². The third-order valence-corrected chi connectivity index (χ3v) is 5.08. The first-order valence-corrected chi connectivity index (χ1v) is 9.26. The first kappa shape index (κ1) is 17.3. The van der Waals surface area contributed by atoms with E-state index < -0.39 is 0 Å². The lowest BCUT2D eigenvalue weighted by Gasteiger charge is -2.28. The van der Waals surface area contributed by atoms with Gasteiger partial charge in [-0.05, 0) is 60.7 Å². The van der Waals surface area contributed by atoms with Gasteiger partial charge in [0.05, 0.1) is 5.56 Å². The number of carbonyl (C=O) groups is 1. The Labute approximate surface area is 159 Å². The first-order chi connectivity index (χ1) is 13.1. The van der Waals surface area contributed by atoms with Crippen LogP contribution in [0.4, 0.5) is 11.5 Å². The molecule has 2 aromatic carbocycles. The summed E-state index contributed by atoms with van der Waals surface area (Å²) in [7, 11) is 0. The lowest BCUT2D eigenvalue weighted by Crippen LogP contribution is -2.35. The van der Waals surface area contributed by atoms with Crippen LogP contribution in [-0.4, -0.2) is 22.3 Å². The molecular weight excluding hydrogens is 334 g/mol. The average molecular weight is 357 g/mol. The van der Waals surface area contributed by atoms with E-state index in [2.05, 4.69) is 60.5 Å². The maximum absolute atomic E-state index is 12.8. The normalized spacial score (nSPS) is 13.2. The fraction of sp³-hybridized carbons (Fsp3) is 0.217. The summed E-state index contributed by atoms with van der Waals surface area (Å²) in [6.45, 7) is 5.54. The highest BCUT2D eigenvalue weighted by atomic mass is 16.2. The molecule has 1 aliphatic rings. The van der Waals surface area contributed by atoms with Crippen LogP contribution in [0.3, 0.4) is 0 Å². The van der Waals surface area contributed by atoms with E-state index in [-0.39, 0.29) is 5.91 Å². The number of nitrogens with one attached hydrogen (secondary N) is 1. The van der Waals surface area contributed by atoms with Crippen LogP contribution in [-0.2, 0) is 13.0 Å². The number of rotatable bonds is 3. The van der Waals surface area contributed by atoms with Crippen LogP contribution < -0.4 is 5.32 Å². The van der Waals surface area contributed by atoms with E-state index in [9.17, 15) is 4.79 Å². The molecule has 4 heteroatoms. The Morgan fingerprint density at radius 2 is 1.85 bits per heavy atom. The molecule has 0 saturated carbocycles. The molecule has 0 atom stereocenters. The van der Waals surface area contributed by atoms with Crippen molar-refractivity contribution in [1.82, 2.24) is 9.88 Å². The van der Waals surface area contributed by atoms with E-state index in [1.54, 1.807) is 6.20 Å². The number of benzene rings is 2. The van der Waals surface area contributed by atoms with E-state index >= 15 is 0 Å². The highest BCUT2D eigenvalue weighted by Crippen LogP contribution is 2.22. The van der Waals surface area contributed by atoms with Crippen LogP contribution in [0.1, 0.15) is 32.6 Å². The topological polar surface area (TPSA) is 45.2 Å². The van der Waals surface area contributed by atoms with Gasteiger partial charge < -0.3 is 10.2 Å². The van der Waals surface area contributed by atoms with Gasteiger partial charge in [0.25, 0.3) is 5.91 Å². The summed E-state index contributed by atoms with van der Waals surface area (Å²) >= 11 is 0. The molecule has 0 aliphatic carbocycles. The molecule has 0 fully saturated rings. The zero-order valence-corrected chi connectivity index (χ0v) is 15.7. The quantitative estimate of drug-likeness (QED) is 0.743. The molecule has 2 heterocycles. The van der Waals surface area contributed by atoms with E-state index in [4.69, 9.17) is 0 Å². The largest absolute Gasteiger partial charge is 0.340 e. The van der Waals surface area contributed by atoms with Crippen molar-refractivity contribution in [1.29, 1.82) is 0 Å². The molecule has 1 aromatic heterocycles. The molecule has 0 saturated heterocycles. The second kappa shape index (κ2) is 7.23. The first-order valence-electron chi connectivity index (χ1n) is 9.26. The number of hydrogen-bond acceptors (Lipinski definition) is 3. The van der Waals surface area contributed by atoms with Gasteiger partial charge in [-0.25, -0.2) is 4.98 Å². The smallest absolute Gasteiger partial charge is 0.255 e. The summed E-state index contributed by atoms with van der Waals surface area (Å²) < 4.78 is 0. The Bertz CT molecular complexity index is 979. The number of pyridine rings is 1. The van der Waals surface area contributed by atoms with Crippen molar-refractivity contribution in [3.05, 3.63) is 88.6 Å². The van der Waals surface area contributed by atoms with Gasteiger partial charge in [-0.1, -0.05) is 36.4 Å². The Kier molecular flexibility index (Phi) is 4.63. The lowest BCUT2D eigenvalue weighted by molar-refractivity contribution is 0.0734. The summed E-state index contributed by atoms with van der Waals surface area (Å²) in [5, 5.41) is 3.34. The molecule has 1 amide bonds. The molecule has 1 N–H and O–H groups in total. The zero-order chi connectivity index (χ0) is 18.8. The molecule has 4 rings (SSSR count). The monoisotopic (exact) mass is 357 g/mol. The fourth-order valence-corrected chi connectivity index (χ4v) is 3.45. The van der Waals surface area contributed by atoms with Crippen LogP contribution in [0.2, 0.25) is 0 Å². The minimum Gasteiger partial charge on any atom is -0.340 e. The standard InChI is InChI=1S/C23H23N3O/c1-16-7-8-17(2)21(13-16)25-22-10-9-19(14-24-22)23(27)26-12-11-18-5-3-4-6-20(18)15-26/h3-10,13-14H,11-12,15H2,1-2H3,(H,24,25). The maximum Gasteiger partial charge on any atom is 0.255 e.